The number of carbonyl (C=O) groups excluding carboxylic acids is 1. The molecule has 146 valence electrons. The first-order chi connectivity index (χ1) is 13.6. The molecule has 0 bridgehead atoms. The van der Waals surface area contributed by atoms with Crippen LogP contribution in [0.2, 0.25) is 0 Å². The van der Waals surface area contributed by atoms with Crippen molar-refractivity contribution in [2.75, 3.05) is 19.0 Å². The SMILES string of the molecule is CCOc1ccc(NC(=O)CCc2nc(-c3ccc(F)cc3)no2)cc1OC. The number of aromatic nitrogens is 2. The van der Waals surface area contributed by atoms with Crippen LogP contribution in [0.15, 0.2) is 47.0 Å². The van der Waals surface area contributed by atoms with Gasteiger partial charge in [0.2, 0.25) is 17.6 Å². The number of hydrogen-bond donors (Lipinski definition) is 1. The second-order valence-corrected chi connectivity index (χ2v) is 5.87. The highest BCUT2D eigenvalue weighted by molar-refractivity contribution is 5.91. The normalized spacial score (nSPS) is 10.5. The zero-order chi connectivity index (χ0) is 19.9. The molecule has 0 saturated carbocycles. The summed E-state index contributed by atoms with van der Waals surface area (Å²) in [5, 5.41) is 6.65. The largest absolute Gasteiger partial charge is 0.493 e. The van der Waals surface area contributed by atoms with E-state index in [1.165, 1.54) is 19.2 Å². The molecule has 0 saturated heterocycles. The number of hydrogen-bond acceptors (Lipinski definition) is 6. The van der Waals surface area contributed by atoms with Crippen molar-refractivity contribution in [3.63, 3.8) is 0 Å². The monoisotopic (exact) mass is 385 g/mol. The third-order valence-corrected chi connectivity index (χ3v) is 3.88. The summed E-state index contributed by atoms with van der Waals surface area (Å²) >= 11 is 0. The number of nitrogens with zero attached hydrogens (tertiary/aromatic N) is 2. The van der Waals surface area contributed by atoms with Crippen molar-refractivity contribution < 1.29 is 23.2 Å². The van der Waals surface area contributed by atoms with Crippen LogP contribution in [-0.4, -0.2) is 29.8 Å². The maximum absolute atomic E-state index is 13.0. The number of benzene rings is 2. The molecular formula is C20H20FN3O4. The van der Waals surface area contributed by atoms with Gasteiger partial charge >= 0.3 is 0 Å². The van der Waals surface area contributed by atoms with Gasteiger partial charge in [-0.15, -0.1) is 0 Å². The first-order valence-corrected chi connectivity index (χ1v) is 8.78. The number of halogens is 1. The van der Waals surface area contributed by atoms with Crippen LogP contribution in [0.5, 0.6) is 11.5 Å². The summed E-state index contributed by atoms with van der Waals surface area (Å²) in [6, 6.07) is 11.0. The third-order valence-electron chi connectivity index (χ3n) is 3.88. The predicted octanol–water partition coefficient (Wildman–Crippen LogP) is 3.85. The zero-order valence-electron chi connectivity index (χ0n) is 15.6. The Hall–Kier alpha value is -3.42. The summed E-state index contributed by atoms with van der Waals surface area (Å²) in [6.07, 6.45) is 0.453. The first-order valence-electron chi connectivity index (χ1n) is 8.78. The molecule has 0 unspecified atom stereocenters. The van der Waals surface area contributed by atoms with Crippen LogP contribution in [-0.2, 0) is 11.2 Å². The second-order valence-electron chi connectivity index (χ2n) is 5.87. The van der Waals surface area contributed by atoms with Crippen molar-refractivity contribution in [2.45, 2.75) is 19.8 Å². The summed E-state index contributed by atoms with van der Waals surface area (Å²) in [5.41, 5.74) is 1.24. The maximum Gasteiger partial charge on any atom is 0.227 e. The fourth-order valence-corrected chi connectivity index (χ4v) is 2.54. The Bertz CT molecular complexity index is 941. The quantitative estimate of drug-likeness (QED) is 0.634. The molecule has 7 nitrogen and oxygen atoms in total. The molecule has 3 rings (SSSR count). The Morgan fingerprint density at radius 1 is 1.18 bits per heavy atom. The van der Waals surface area contributed by atoms with E-state index in [0.717, 1.165) is 0 Å². The van der Waals surface area contributed by atoms with Gasteiger partial charge in [0.1, 0.15) is 5.82 Å². The summed E-state index contributed by atoms with van der Waals surface area (Å²) in [7, 11) is 1.54. The number of ether oxygens (including phenoxy) is 2. The fourth-order valence-electron chi connectivity index (χ4n) is 2.54. The number of rotatable bonds is 8. The number of anilines is 1. The summed E-state index contributed by atoms with van der Waals surface area (Å²) in [4.78, 5) is 16.4. The van der Waals surface area contributed by atoms with Crippen molar-refractivity contribution in [3.8, 4) is 22.9 Å². The lowest BCUT2D eigenvalue weighted by Gasteiger charge is -2.11. The topological polar surface area (TPSA) is 86.5 Å². The molecule has 3 aromatic rings. The van der Waals surface area contributed by atoms with E-state index in [1.807, 2.05) is 6.92 Å². The molecule has 0 aliphatic heterocycles. The predicted molar refractivity (Wildman–Crippen MR) is 101 cm³/mol. The number of aryl methyl sites for hydroxylation is 1. The van der Waals surface area contributed by atoms with Crippen LogP contribution >= 0.6 is 0 Å². The average Bonchev–Trinajstić information content (AvgIpc) is 3.17. The van der Waals surface area contributed by atoms with E-state index in [4.69, 9.17) is 14.0 Å². The van der Waals surface area contributed by atoms with Crippen LogP contribution in [0, 0.1) is 5.82 Å². The molecule has 1 aromatic heterocycles. The minimum atomic E-state index is -0.338. The highest BCUT2D eigenvalue weighted by Gasteiger charge is 2.12. The molecule has 0 radical (unpaired) electrons. The van der Waals surface area contributed by atoms with Crippen LogP contribution in [0.25, 0.3) is 11.4 Å². The van der Waals surface area contributed by atoms with E-state index in [0.29, 0.717) is 41.1 Å². The molecule has 1 amide bonds. The van der Waals surface area contributed by atoms with Crippen LogP contribution in [0.3, 0.4) is 0 Å². The van der Waals surface area contributed by atoms with Crippen molar-refractivity contribution in [1.82, 2.24) is 10.1 Å². The lowest BCUT2D eigenvalue weighted by atomic mass is 10.2. The van der Waals surface area contributed by atoms with Gasteiger partial charge in [-0.1, -0.05) is 5.16 Å². The van der Waals surface area contributed by atoms with Gasteiger partial charge in [-0.05, 0) is 43.3 Å². The average molecular weight is 385 g/mol. The Labute approximate surface area is 161 Å². The Balaban J connectivity index is 1.57. The van der Waals surface area contributed by atoms with Crippen molar-refractivity contribution >= 4 is 11.6 Å². The Morgan fingerprint density at radius 3 is 2.68 bits per heavy atom. The molecular weight excluding hydrogens is 365 g/mol. The van der Waals surface area contributed by atoms with Gasteiger partial charge in [-0.2, -0.15) is 4.98 Å². The molecule has 1 heterocycles. The molecule has 1 N–H and O–H groups in total. The highest BCUT2D eigenvalue weighted by atomic mass is 19.1. The van der Waals surface area contributed by atoms with Crippen molar-refractivity contribution in [2.24, 2.45) is 0 Å². The molecule has 8 heteroatoms. The Kier molecular flexibility index (Phi) is 6.21. The number of carbonyl (C=O) groups is 1. The summed E-state index contributed by atoms with van der Waals surface area (Å²) in [6.45, 7) is 2.40. The van der Waals surface area contributed by atoms with Crippen molar-refractivity contribution in [3.05, 3.63) is 54.2 Å². The number of amides is 1. The molecule has 0 atom stereocenters. The minimum Gasteiger partial charge on any atom is -0.493 e. The van der Waals surface area contributed by atoms with E-state index in [1.54, 1.807) is 30.3 Å². The highest BCUT2D eigenvalue weighted by Crippen LogP contribution is 2.30. The molecule has 0 aliphatic rings. The summed E-state index contributed by atoms with van der Waals surface area (Å²) in [5.74, 6) is 1.30. The lowest BCUT2D eigenvalue weighted by Crippen LogP contribution is -2.12. The number of nitrogens with one attached hydrogen (secondary N) is 1. The van der Waals surface area contributed by atoms with Gasteiger partial charge in [0.15, 0.2) is 11.5 Å². The van der Waals surface area contributed by atoms with Gasteiger partial charge in [0.05, 0.1) is 13.7 Å². The summed E-state index contributed by atoms with van der Waals surface area (Å²) < 4.78 is 28.9. The zero-order valence-corrected chi connectivity index (χ0v) is 15.6. The molecule has 0 aliphatic carbocycles. The van der Waals surface area contributed by atoms with Crippen LogP contribution in [0.4, 0.5) is 10.1 Å². The van der Waals surface area contributed by atoms with Gasteiger partial charge in [0, 0.05) is 30.2 Å². The number of methoxy groups -OCH3 is 1. The first kappa shape index (κ1) is 19.3. The molecule has 2 aromatic carbocycles. The van der Waals surface area contributed by atoms with Gasteiger partial charge < -0.3 is 19.3 Å². The minimum absolute atomic E-state index is 0.167. The van der Waals surface area contributed by atoms with Crippen LogP contribution < -0.4 is 14.8 Å². The van der Waals surface area contributed by atoms with E-state index in [2.05, 4.69) is 15.5 Å². The fraction of sp³-hybridized carbons (Fsp3) is 0.250. The lowest BCUT2D eigenvalue weighted by molar-refractivity contribution is -0.116. The smallest absolute Gasteiger partial charge is 0.227 e. The second kappa shape index (κ2) is 8.98. The molecule has 0 spiro atoms. The van der Waals surface area contributed by atoms with Gasteiger partial charge in [-0.25, -0.2) is 4.39 Å². The molecule has 0 fully saturated rings. The Morgan fingerprint density at radius 2 is 1.96 bits per heavy atom. The maximum atomic E-state index is 13.0. The van der Waals surface area contributed by atoms with Gasteiger partial charge in [0.25, 0.3) is 0 Å². The van der Waals surface area contributed by atoms with E-state index in [9.17, 15) is 9.18 Å². The van der Waals surface area contributed by atoms with Crippen molar-refractivity contribution in [1.29, 1.82) is 0 Å². The standard InChI is InChI=1S/C20H20FN3O4/c1-3-27-16-9-8-15(12-17(16)26-2)22-18(25)10-11-19-23-20(24-28-19)13-4-6-14(21)7-5-13/h4-9,12H,3,10-11H2,1-2H3,(H,22,25). The van der Waals surface area contributed by atoms with Crippen LogP contribution in [0.1, 0.15) is 19.2 Å². The van der Waals surface area contributed by atoms with E-state index < -0.39 is 0 Å². The third kappa shape index (κ3) is 4.85. The molecule has 28 heavy (non-hydrogen) atoms. The van der Waals surface area contributed by atoms with E-state index >= 15 is 0 Å². The van der Waals surface area contributed by atoms with E-state index in [-0.39, 0.29) is 24.6 Å². The van der Waals surface area contributed by atoms with Gasteiger partial charge in [-0.3, -0.25) is 4.79 Å².